The molecule has 0 bridgehead atoms. The van der Waals surface area contributed by atoms with Crippen molar-refractivity contribution in [3.8, 4) is 0 Å². The fraction of sp³-hybridized carbons (Fsp3) is 1.00. The summed E-state index contributed by atoms with van der Waals surface area (Å²) < 4.78 is 11.3. The summed E-state index contributed by atoms with van der Waals surface area (Å²) in [5.41, 5.74) is -3.87. The van der Waals surface area contributed by atoms with Crippen LogP contribution in [0.25, 0.3) is 0 Å². The van der Waals surface area contributed by atoms with Gasteiger partial charge in [-0.25, -0.2) is 0 Å². The number of ether oxygens (including phenoxy) is 2. The smallest absolute Gasteiger partial charge is 0.186 e. The lowest BCUT2D eigenvalue weighted by molar-refractivity contribution is -0.315. The molecule has 11 nitrogen and oxygen atoms in total. The second-order valence-electron chi connectivity index (χ2n) is 16.8. The van der Waals surface area contributed by atoms with Gasteiger partial charge in [0.1, 0.15) is 24.4 Å². The number of hydrogen-bond acceptors (Lipinski definition) is 11. The van der Waals surface area contributed by atoms with Crippen LogP contribution >= 0.6 is 0 Å². The van der Waals surface area contributed by atoms with Gasteiger partial charge in [0, 0.05) is 24.2 Å². The highest BCUT2D eigenvalue weighted by molar-refractivity contribution is 5.24. The van der Waals surface area contributed by atoms with E-state index < -0.39 is 78.2 Å². The SMILES string of the molecule is CC(C)C(CCOC1OC(CO)C(O)C(O)C1O)CCC(C)C1CC(O)C2C1(C)CCC1C2(O)CC(O)C2(O)CC(O)CCC12C. The molecule has 9 N–H and O–H groups in total. The zero-order chi connectivity index (χ0) is 34.0. The molecule has 17 unspecified atom stereocenters. The normalized spacial score (nSPS) is 52.1. The first-order valence-corrected chi connectivity index (χ1v) is 17.9. The molecule has 1 heterocycles. The molecule has 0 aromatic rings. The summed E-state index contributed by atoms with van der Waals surface area (Å²) in [7, 11) is 0. The molecule has 1 aliphatic heterocycles. The van der Waals surface area contributed by atoms with Crippen molar-refractivity contribution < 1.29 is 55.4 Å². The lowest BCUT2D eigenvalue weighted by atomic mass is 9.40. The first kappa shape index (κ1) is 36.8. The minimum Gasteiger partial charge on any atom is -0.394 e. The maximum atomic E-state index is 12.5. The molecule has 5 fully saturated rings. The first-order chi connectivity index (χ1) is 21.4. The van der Waals surface area contributed by atoms with Crippen molar-refractivity contribution in [2.45, 2.75) is 159 Å². The van der Waals surface area contributed by atoms with Crippen LogP contribution in [0.2, 0.25) is 0 Å². The van der Waals surface area contributed by atoms with Crippen LogP contribution < -0.4 is 0 Å². The van der Waals surface area contributed by atoms with Gasteiger partial charge in [0.05, 0.1) is 42.7 Å². The van der Waals surface area contributed by atoms with E-state index in [1.807, 2.05) is 6.92 Å². The van der Waals surface area contributed by atoms with Gasteiger partial charge in [0.15, 0.2) is 6.29 Å². The van der Waals surface area contributed by atoms with Crippen LogP contribution in [-0.4, -0.2) is 119 Å². The van der Waals surface area contributed by atoms with E-state index in [0.717, 1.165) is 19.3 Å². The van der Waals surface area contributed by atoms with Crippen LogP contribution in [0.1, 0.15) is 98.8 Å². The van der Waals surface area contributed by atoms with Crippen molar-refractivity contribution in [3.63, 3.8) is 0 Å². The van der Waals surface area contributed by atoms with E-state index in [0.29, 0.717) is 43.9 Å². The average Bonchev–Trinajstić information content (AvgIpc) is 3.27. The molecule has 11 heteroatoms. The van der Waals surface area contributed by atoms with Gasteiger partial charge in [-0.1, -0.05) is 41.0 Å². The predicted molar refractivity (Wildman–Crippen MR) is 168 cm³/mol. The Morgan fingerprint density at radius 1 is 0.848 bits per heavy atom. The third kappa shape index (κ3) is 5.91. The molecule has 0 spiro atoms. The van der Waals surface area contributed by atoms with Crippen LogP contribution in [0.5, 0.6) is 0 Å². The Morgan fingerprint density at radius 2 is 1.54 bits per heavy atom. The van der Waals surface area contributed by atoms with Gasteiger partial charge in [-0.2, -0.15) is 0 Å². The van der Waals surface area contributed by atoms with E-state index in [1.54, 1.807) is 0 Å². The Balaban J connectivity index is 1.23. The maximum absolute atomic E-state index is 12.5. The molecular formula is C35H62O11. The Hall–Kier alpha value is -0.440. The Kier molecular flexibility index (Phi) is 10.7. The van der Waals surface area contributed by atoms with E-state index in [1.165, 1.54) is 0 Å². The zero-order valence-corrected chi connectivity index (χ0v) is 28.4. The Bertz CT molecular complexity index is 1040. The average molecular weight is 659 g/mol. The summed E-state index contributed by atoms with van der Waals surface area (Å²) in [6.45, 7) is 10.5. The van der Waals surface area contributed by atoms with Crippen molar-refractivity contribution in [3.05, 3.63) is 0 Å². The van der Waals surface area contributed by atoms with Crippen molar-refractivity contribution >= 4 is 0 Å². The topological polar surface area (TPSA) is 201 Å². The fourth-order valence-corrected chi connectivity index (χ4v) is 11.4. The van der Waals surface area contributed by atoms with Crippen LogP contribution in [0.15, 0.2) is 0 Å². The Labute approximate surface area is 273 Å². The van der Waals surface area contributed by atoms with Crippen LogP contribution in [0.4, 0.5) is 0 Å². The predicted octanol–water partition coefficient (Wildman–Crippen LogP) is 1.07. The zero-order valence-electron chi connectivity index (χ0n) is 28.4. The van der Waals surface area contributed by atoms with Gasteiger partial charge in [-0.05, 0) is 80.0 Å². The third-order valence-electron chi connectivity index (χ3n) is 14.2. The van der Waals surface area contributed by atoms with Crippen LogP contribution in [-0.2, 0) is 9.47 Å². The quantitative estimate of drug-likeness (QED) is 0.163. The maximum Gasteiger partial charge on any atom is 0.186 e. The molecule has 5 rings (SSSR count). The lowest BCUT2D eigenvalue weighted by Crippen LogP contribution is -2.75. The van der Waals surface area contributed by atoms with Crippen molar-refractivity contribution in [1.82, 2.24) is 0 Å². The van der Waals surface area contributed by atoms with Gasteiger partial charge >= 0.3 is 0 Å². The summed E-state index contributed by atoms with van der Waals surface area (Å²) >= 11 is 0. The highest BCUT2D eigenvalue weighted by Crippen LogP contribution is 2.70. The first-order valence-electron chi connectivity index (χ1n) is 17.9. The highest BCUT2D eigenvalue weighted by atomic mass is 16.7. The van der Waals surface area contributed by atoms with Gasteiger partial charge in [-0.3, -0.25) is 0 Å². The van der Waals surface area contributed by atoms with Gasteiger partial charge in [-0.15, -0.1) is 0 Å². The molecule has 1 saturated heterocycles. The summed E-state index contributed by atoms with van der Waals surface area (Å²) in [6, 6.07) is 0. The summed E-state index contributed by atoms with van der Waals surface area (Å²) in [5, 5.41) is 97.6. The van der Waals surface area contributed by atoms with E-state index in [2.05, 4.69) is 27.7 Å². The largest absolute Gasteiger partial charge is 0.394 e. The summed E-state index contributed by atoms with van der Waals surface area (Å²) in [6.07, 6.45) is -3.26. The molecule has 5 aliphatic rings. The second-order valence-corrected chi connectivity index (χ2v) is 16.8. The number of aliphatic hydroxyl groups excluding tert-OH is 7. The number of hydrogen-bond donors (Lipinski definition) is 9. The van der Waals surface area contributed by atoms with Gasteiger partial charge < -0.3 is 55.4 Å². The third-order valence-corrected chi connectivity index (χ3v) is 14.2. The highest BCUT2D eigenvalue weighted by Gasteiger charge is 2.74. The molecule has 0 radical (unpaired) electrons. The molecule has 268 valence electrons. The number of fused-ring (bicyclic) bond motifs is 5. The fourth-order valence-electron chi connectivity index (χ4n) is 11.4. The molecule has 0 aromatic carbocycles. The molecule has 4 aliphatic carbocycles. The van der Waals surface area contributed by atoms with Crippen molar-refractivity contribution in [2.75, 3.05) is 13.2 Å². The van der Waals surface area contributed by atoms with Gasteiger partial charge in [0.2, 0.25) is 0 Å². The second kappa shape index (κ2) is 13.4. The standard InChI is InChI=1S/C35H62O11/c1-18(2)20(10-13-45-31-29(42)28(41)27(40)24(17-36)46-31)7-6-19(3)22-14-23(38)30-32(22,4)11-9-25-33(5)12-8-21(37)15-35(33,44)26(39)16-34(25,30)43/h18-31,36-44H,6-17H2,1-5H3. The molecule has 4 saturated carbocycles. The van der Waals surface area contributed by atoms with Crippen molar-refractivity contribution in [1.29, 1.82) is 0 Å². The molecule has 0 aromatic heterocycles. The summed E-state index contributed by atoms with van der Waals surface area (Å²) in [4.78, 5) is 0. The van der Waals surface area contributed by atoms with E-state index in [9.17, 15) is 46.0 Å². The minimum absolute atomic E-state index is 0.00123. The molecule has 46 heavy (non-hydrogen) atoms. The monoisotopic (exact) mass is 658 g/mol. The molecular weight excluding hydrogens is 596 g/mol. The Morgan fingerprint density at radius 3 is 2.20 bits per heavy atom. The van der Waals surface area contributed by atoms with E-state index >= 15 is 0 Å². The summed E-state index contributed by atoms with van der Waals surface area (Å²) in [5.74, 6) is 0.405. The number of aliphatic hydroxyl groups is 9. The van der Waals surface area contributed by atoms with Crippen LogP contribution in [0, 0.1) is 46.3 Å². The molecule has 17 atom stereocenters. The minimum atomic E-state index is -1.47. The molecule has 0 amide bonds. The lowest BCUT2D eigenvalue weighted by Gasteiger charge is -2.68. The van der Waals surface area contributed by atoms with Crippen molar-refractivity contribution in [2.24, 2.45) is 46.3 Å². The van der Waals surface area contributed by atoms with Crippen LogP contribution in [0.3, 0.4) is 0 Å². The van der Waals surface area contributed by atoms with E-state index in [4.69, 9.17) is 9.47 Å². The number of rotatable bonds is 10. The van der Waals surface area contributed by atoms with Gasteiger partial charge in [0.25, 0.3) is 0 Å². The van der Waals surface area contributed by atoms with E-state index in [-0.39, 0.29) is 42.6 Å².